The number of nitrogens with zero attached hydrogens (tertiary/aromatic N) is 1. The second-order valence-corrected chi connectivity index (χ2v) is 5.62. The predicted molar refractivity (Wildman–Crippen MR) is 81.2 cm³/mol. The molecule has 1 fully saturated rings. The largest absolute Gasteiger partial charge is 0.388 e. The second-order valence-electron chi connectivity index (χ2n) is 5.62. The summed E-state index contributed by atoms with van der Waals surface area (Å²) in [5.74, 6) is 0.348. The van der Waals surface area contributed by atoms with Crippen LogP contribution in [0.5, 0.6) is 0 Å². The van der Waals surface area contributed by atoms with Gasteiger partial charge in [-0.1, -0.05) is 60.7 Å². The van der Waals surface area contributed by atoms with Gasteiger partial charge in [0.2, 0.25) is 0 Å². The van der Waals surface area contributed by atoms with Crippen molar-refractivity contribution in [3.8, 4) is 0 Å². The van der Waals surface area contributed by atoms with Crippen molar-refractivity contribution in [2.75, 3.05) is 13.1 Å². The molecule has 0 unspecified atom stereocenters. The Kier molecular flexibility index (Phi) is 4.14. The third-order valence-corrected chi connectivity index (χ3v) is 4.15. The molecule has 0 saturated carbocycles. The van der Waals surface area contributed by atoms with Crippen molar-refractivity contribution < 1.29 is 5.11 Å². The fourth-order valence-electron chi connectivity index (χ4n) is 3.03. The average molecular weight is 267 g/mol. The van der Waals surface area contributed by atoms with Crippen LogP contribution >= 0.6 is 0 Å². The van der Waals surface area contributed by atoms with Gasteiger partial charge in [0.1, 0.15) is 0 Å². The molecule has 0 radical (unpaired) electrons. The van der Waals surface area contributed by atoms with Crippen LogP contribution in [0.1, 0.15) is 23.7 Å². The topological polar surface area (TPSA) is 23.5 Å². The Bertz CT molecular complexity index is 526. The van der Waals surface area contributed by atoms with Gasteiger partial charge in [0, 0.05) is 19.0 Å². The summed E-state index contributed by atoms with van der Waals surface area (Å²) in [5, 5.41) is 10.5. The van der Waals surface area contributed by atoms with Crippen molar-refractivity contribution in [3.63, 3.8) is 0 Å². The fraction of sp³-hybridized carbons (Fsp3) is 0.333. The van der Waals surface area contributed by atoms with Crippen LogP contribution in [0.4, 0.5) is 0 Å². The molecular weight excluding hydrogens is 246 g/mol. The van der Waals surface area contributed by atoms with Crippen molar-refractivity contribution in [1.82, 2.24) is 4.90 Å². The maximum Gasteiger partial charge on any atom is 0.0830 e. The first-order valence-corrected chi connectivity index (χ1v) is 7.32. The van der Waals surface area contributed by atoms with Gasteiger partial charge in [0.15, 0.2) is 0 Å². The summed E-state index contributed by atoms with van der Waals surface area (Å²) >= 11 is 0. The van der Waals surface area contributed by atoms with Crippen molar-refractivity contribution in [3.05, 3.63) is 71.8 Å². The number of hydrogen-bond donors (Lipinski definition) is 1. The van der Waals surface area contributed by atoms with Crippen molar-refractivity contribution in [2.24, 2.45) is 5.92 Å². The Morgan fingerprint density at radius 1 is 1.00 bits per heavy atom. The molecule has 0 bridgehead atoms. The molecule has 2 aromatic rings. The summed E-state index contributed by atoms with van der Waals surface area (Å²) in [7, 11) is 0. The number of rotatable bonds is 4. The Hall–Kier alpha value is -1.64. The Morgan fingerprint density at radius 3 is 2.35 bits per heavy atom. The van der Waals surface area contributed by atoms with Gasteiger partial charge in [-0.25, -0.2) is 0 Å². The molecule has 2 nitrogen and oxygen atoms in total. The van der Waals surface area contributed by atoms with Gasteiger partial charge in [-0.2, -0.15) is 0 Å². The van der Waals surface area contributed by atoms with E-state index in [2.05, 4.69) is 35.2 Å². The quantitative estimate of drug-likeness (QED) is 0.919. The summed E-state index contributed by atoms with van der Waals surface area (Å²) in [5.41, 5.74) is 2.39. The van der Waals surface area contributed by atoms with Gasteiger partial charge < -0.3 is 5.11 Å². The van der Waals surface area contributed by atoms with E-state index in [1.807, 2.05) is 30.3 Å². The highest BCUT2D eigenvalue weighted by atomic mass is 16.3. The molecule has 2 atom stereocenters. The van der Waals surface area contributed by atoms with Gasteiger partial charge in [-0.3, -0.25) is 4.90 Å². The van der Waals surface area contributed by atoms with Crippen molar-refractivity contribution in [2.45, 2.75) is 19.1 Å². The van der Waals surface area contributed by atoms with E-state index >= 15 is 0 Å². The summed E-state index contributed by atoms with van der Waals surface area (Å²) in [4.78, 5) is 2.44. The Balaban J connectivity index is 1.59. The van der Waals surface area contributed by atoms with E-state index in [-0.39, 0.29) is 6.10 Å². The monoisotopic (exact) mass is 267 g/mol. The van der Waals surface area contributed by atoms with E-state index in [9.17, 15) is 5.11 Å². The number of benzene rings is 2. The second kappa shape index (κ2) is 6.21. The van der Waals surface area contributed by atoms with Crippen LogP contribution in [-0.2, 0) is 6.54 Å². The molecule has 1 heterocycles. The van der Waals surface area contributed by atoms with Gasteiger partial charge >= 0.3 is 0 Å². The summed E-state index contributed by atoms with van der Waals surface area (Å²) < 4.78 is 0. The van der Waals surface area contributed by atoms with Crippen LogP contribution in [0.2, 0.25) is 0 Å². The third kappa shape index (κ3) is 3.09. The minimum absolute atomic E-state index is 0.336. The third-order valence-electron chi connectivity index (χ3n) is 4.15. The lowest BCUT2D eigenvalue weighted by Gasteiger charge is -2.20. The molecule has 0 aromatic heterocycles. The van der Waals surface area contributed by atoms with E-state index < -0.39 is 0 Å². The molecule has 1 saturated heterocycles. The van der Waals surface area contributed by atoms with E-state index in [1.165, 1.54) is 5.56 Å². The molecule has 0 spiro atoms. The molecule has 0 aliphatic carbocycles. The first-order chi connectivity index (χ1) is 9.83. The molecule has 2 aromatic carbocycles. The molecule has 1 N–H and O–H groups in total. The molecular formula is C18H21NO. The van der Waals surface area contributed by atoms with Crippen LogP contribution in [-0.4, -0.2) is 23.1 Å². The molecule has 0 amide bonds. The lowest BCUT2D eigenvalue weighted by Crippen LogP contribution is -2.22. The van der Waals surface area contributed by atoms with E-state index in [4.69, 9.17) is 0 Å². The summed E-state index contributed by atoms with van der Waals surface area (Å²) in [6.07, 6.45) is 0.736. The summed E-state index contributed by atoms with van der Waals surface area (Å²) in [6.45, 7) is 3.03. The number of aliphatic hydroxyl groups excluding tert-OH is 1. The Labute approximate surface area is 120 Å². The van der Waals surface area contributed by atoms with Crippen molar-refractivity contribution >= 4 is 0 Å². The first kappa shape index (κ1) is 13.3. The zero-order chi connectivity index (χ0) is 13.8. The number of aliphatic hydroxyl groups is 1. The smallest absolute Gasteiger partial charge is 0.0830 e. The molecule has 1 aliphatic rings. The fourth-order valence-corrected chi connectivity index (χ4v) is 3.03. The average Bonchev–Trinajstić information content (AvgIpc) is 2.97. The highest BCUT2D eigenvalue weighted by Gasteiger charge is 2.28. The maximum atomic E-state index is 10.5. The maximum absolute atomic E-state index is 10.5. The molecule has 1 aliphatic heterocycles. The van der Waals surface area contributed by atoms with E-state index in [0.29, 0.717) is 5.92 Å². The van der Waals surface area contributed by atoms with Gasteiger partial charge in [0.25, 0.3) is 0 Å². The van der Waals surface area contributed by atoms with Crippen LogP contribution < -0.4 is 0 Å². The first-order valence-electron chi connectivity index (χ1n) is 7.32. The van der Waals surface area contributed by atoms with Crippen LogP contribution in [0.15, 0.2) is 60.7 Å². The molecule has 20 heavy (non-hydrogen) atoms. The van der Waals surface area contributed by atoms with E-state index in [0.717, 1.165) is 31.6 Å². The zero-order valence-electron chi connectivity index (χ0n) is 11.7. The Morgan fingerprint density at radius 2 is 1.65 bits per heavy atom. The highest BCUT2D eigenvalue weighted by Crippen LogP contribution is 2.30. The van der Waals surface area contributed by atoms with Gasteiger partial charge in [-0.15, -0.1) is 0 Å². The molecule has 3 rings (SSSR count). The zero-order valence-corrected chi connectivity index (χ0v) is 11.7. The minimum atomic E-state index is -0.336. The van der Waals surface area contributed by atoms with Gasteiger partial charge in [0.05, 0.1) is 6.10 Å². The lowest BCUT2D eigenvalue weighted by molar-refractivity contribution is 0.110. The number of hydrogen-bond acceptors (Lipinski definition) is 2. The van der Waals surface area contributed by atoms with Crippen LogP contribution in [0.3, 0.4) is 0 Å². The standard InChI is InChI=1S/C18H21NO/c20-18(16-9-5-2-6-10-16)17-11-12-19(14-17)13-15-7-3-1-4-8-15/h1-10,17-18,20H,11-14H2/t17-,18-/m1/s1. The lowest BCUT2D eigenvalue weighted by atomic mass is 9.95. The molecule has 2 heteroatoms. The number of likely N-dealkylation sites (tertiary alicyclic amines) is 1. The van der Waals surface area contributed by atoms with Crippen LogP contribution in [0, 0.1) is 5.92 Å². The SMILES string of the molecule is O[C@H](c1ccccc1)[C@@H]1CCN(Cc2ccccc2)C1. The summed E-state index contributed by atoms with van der Waals surface area (Å²) in [6, 6.07) is 20.6. The van der Waals surface area contributed by atoms with E-state index in [1.54, 1.807) is 0 Å². The van der Waals surface area contributed by atoms with Gasteiger partial charge in [-0.05, 0) is 24.1 Å². The van der Waals surface area contributed by atoms with Crippen LogP contribution in [0.25, 0.3) is 0 Å². The van der Waals surface area contributed by atoms with Crippen molar-refractivity contribution in [1.29, 1.82) is 0 Å². The molecule has 104 valence electrons. The highest BCUT2D eigenvalue weighted by molar-refractivity contribution is 5.19. The normalized spacial score (nSPS) is 20.9. The predicted octanol–water partition coefficient (Wildman–Crippen LogP) is 3.24. The minimum Gasteiger partial charge on any atom is -0.388 e.